The van der Waals surface area contributed by atoms with Crippen LogP contribution >= 0.6 is 27.5 Å². The monoisotopic (exact) mass is 365 g/mol. The van der Waals surface area contributed by atoms with Crippen molar-refractivity contribution in [3.8, 4) is 0 Å². The maximum Gasteiger partial charge on any atom is 0.0467 e. The Kier molecular flexibility index (Phi) is 5.13. The molecule has 1 nitrogen and oxygen atoms in total. The largest absolute Gasteiger partial charge is 0.321 e. The van der Waals surface area contributed by atoms with Crippen LogP contribution in [0.1, 0.15) is 43.4 Å². The molecule has 2 aromatic carbocycles. The van der Waals surface area contributed by atoms with Gasteiger partial charge in [0.2, 0.25) is 0 Å². The first kappa shape index (κ1) is 16.5. The van der Waals surface area contributed by atoms with E-state index in [2.05, 4.69) is 54.0 Å². The molecular weight excluding hydrogens is 346 g/mol. The Hall–Kier alpha value is -0.830. The van der Waals surface area contributed by atoms with Crippen LogP contribution in [0.4, 0.5) is 0 Å². The lowest BCUT2D eigenvalue weighted by atomic mass is 9.86. The van der Waals surface area contributed by atoms with Gasteiger partial charge in [-0.25, -0.2) is 0 Å². The predicted molar refractivity (Wildman–Crippen MR) is 94.9 cm³/mol. The van der Waals surface area contributed by atoms with E-state index in [0.29, 0.717) is 10.9 Å². The second-order valence-electron chi connectivity index (χ2n) is 6.11. The summed E-state index contributed by atoms with van der Waals surface area (Å²) >= 11 is 9.76. The molecule has 112 valence electrons. The van der Waals surface area contributed by atoms with Gasteiger partial charge < -0.3 is 5.73 Å². The minimum absolute atomic E-state index is 0.489. The molecule has 0 fully saturated rings. The molecule has 0 aromatic heterocycles. The van der Waals surface area contributed by atoms with Crippen LogP contribution < -0.4 is 5.73 Å². The van der Waals surface area contributed by atoms with E-state index in [-0.39, 0.29) is 0 Å². The van der Waals surface area contributed by atoms with E-state index in [4.69, 9.17) is 17.3 Å². The minimum Gasteiger partial charge on any atom is -0.321 e. The Balaban J connectivity index is 2.24. The highest BCUT2D eigenvalue weighted by Gasteiger charge is 2.24. The number of hydrogen-bond acceptors (Lipinski definition) is 1. The summed E-state index contributed by atoms with van der Waals surface area (Å²) in [5.41, 5.74) is 9.57. The smallest absolute Gasteiger partial charge is 0.0467 e. The van der Waals surface area contributed by atoms with Crippen LogP contribution in [0, 0.1) is 0 Å². The van der Waals surface area contributed by atoms with E-state index in [0.717, 1.165) is 16.5 Å². The number of nitrogens with two attached hydrogens (primary N) is 1. The molecule has 0 aliphatic rings. The van der Waals surface area contributed by atoms with Crippen molar-refractivity contribution in [2.75, 3.05) is 0 Å². The topological polar surface area (TPSA) is 26.0 Å². The average molecular weight is 367 g/mol. The third-order valence-electron chi connectivity index (χ3n) is 3.76. The fourth-order valence-electron chi connectivity index (χ4n) is 2.49. The van der Waals surface area contributed by atoms with Crippen LogP contribution in [0.3, 0.4) is 0 Å². The summed E-state index contributed by atoms with van der Waals surface area (Å²) in [6.07, 6.45) is 0.757. The highest BCUT2D eigenvalue weighted by molar-refractivity contribution is 9.10. The van der Waals surface area contributed by atoms with Gasteiger partial charge in [-0.1, -0.05) is 71.7 Å². The first-order chi connectivity index (χ1) is 9.79. The van der Waals surface area contributed by atoms with Gasteiger partial charge in [-0.3, -0.25) is 0 Å². The van der Waals surface area contributed by atoms with Crippen molar-refractivity contribution in [3.63, 3.8) is 0 Å². The zero-order valence-corrected chi connectivity index (χ0v) is 15.0. The number of rotatable bonds is 4. The number of halogens is 2. The molecular formula is C18H21BrClN. The van der Waals surface area contributed by atoms with Crippen LogP contribution in [-0.2, 0) is 12.0 Å². The normalized spacial score (nSPS) is 14.2. The first-order valence-electron chi connectivity index (χ1n) is 7.13. The summed E-state index contributed by atoms with van der Waals surface area (Å²) in [5, 5.41) is 0.702. The predicted octanol–water partition coefficient (Wildman–Crippen LogP) is 5.64. The maximum absolute atomic E-state index is 6.52. The van der Waals surface area contributed by atoms with Gasteiger partial charge in [-0.15, -0.1) is 0 Å². The quantitative estimate of drug-likeness (QED) is 0.744. The molecule has 0 saturated heterocycles. The van der Waals surface area contributed by atoms with Gasteiger partial charge >= 0.3 is 0 Å². The highest BCUT2D eigenvalue weighted by Crippen LogP contribution is 2.31. The van der Waals surface area contributed by atoms with Gasteiger partial charge in [-0.05, 0) is 48.1 Å². The molecule has 2 aromatic rings. The van der Waals surface area contributed by atoms with Gasteiger partial charge in [0.05, 0.1) is 0 Å². The van der Waals surface area contributed by atoms with E-state index in [1.54, 1.807) is 0 Å². The molecule has 2 N–H and O–H groups in total. The SMILES string of the molecule is CC(C)c1ccc(CC(C)(N)c2ccc(Br)cc2Cl)cc1. The molecule has 3 heteroatoms. The Morgan fingerprint density at radius 1 is 1.14 bits per heavy atom. The van der Waals surface area contributed by atoms with Crippen LogP contribution in [0.5, 0.6) is 0 Å². The van der Waals surface area contributed by atoms with Crippen LogP contribution in [-0.4, -0.2) is 0 Å². The van der Waals surface area contributed by atoms with Crippen molar-refractivity contribution in [2.24, 2.45) is 5.73 Å². The molecule has 0 heterocycles. The van der Waals surface area contributed by atoms with E-state index in [9.17, 15) is 0 Å². The second-order valence-corrected chi connectivity index (χ2v) is 7.44. The summed E-state index contributed by atoms with van der Waals surface area (Å²) in [6.45, 7) is 6.42. The second kappa shape index (κ2) is 6.51. The maximum atomic E-state index is 6.52. The van der Waals surface area contributed by atoms with E-state index in [1.807, 2.05) is 25.1 Å². The lowest BCUT2D eigenvalue weighted by Gasteiger charge is -2.27. The number of benzene rings is 2. The summed E-state index contributed by atoms with van der Waals surface area (Å²) in [5.74, 6) is 0.546. The van der Waals surface area contributed by atoms with Crippen molar-refractivity contribution >= 4 is 27.5 Å². The van der Waals surface area contributed by atoms with E-state index >= 15 is 0 Å². The Morgan fingerprint density at radius 3 is 2.29 bits per heavy atom. The third-order valence-corrected chi connectivity index (χ3v) is 4.57. The fourth-order valence-corrected chi connectivity index (χ4v) is 3.38. The zero-order valence-electron chi connectivity index (χ0n) is 12.7. The molecule has 0 saturated carbocycles. The molecule has 1 atom stereocenters. The molecule has 0 aliphatic heterocycles. The summed E-state index contributed by atoms with van der Waals surface area (Å²) in [7, 11) is 0. The molecule has 0 radical (unpaired) electrons. The van der Waals surface area contributed by atoms with Crippen molar-refractivity contribution < 1.29 is 0 Å². The van der Waals surface area contributed by atoms with Crippen molar-refractivity contribution in [1.29, 1.82) is 0 Å². The van der Waals surface area contributed by atoms with E-state index < -0.39 is 5.54 Å². The van der Waals surface area contributed by atoms with Gasteiger partial charge in [0, 0.05) is 15.0 Å². The first-order valence-corrected chi connectivity index (χ1v) is 8.30. The summed E-state index contributed by atoms with van der Waals surface area (Å²) in [6, 6.07) is 14.5. The Bertz CT molecular complexity index is 618. The summed E-state index contributed by atoms with van der Waals surface area (Å²) in [4.78, 5) is 0. The van der Waals surface area contributed by atoms with Crippen molar-refractivity contribution in [1.82, 2.24) is 0 Å². The van der Waals surface area contributed by atoms with Crippen molar-refractivity contribution in [3.05, 3.63) is 68.7 Å². The lowest BCUT2D eigenvalue weighted by Crippen LogP contribution is -2.35. The van der Waals surface area contributed by atoms with Crippen molar-refractivity contribution in [2.45, 2.75) is 38.6 Å². The Morgan fingerprint density at radius 2 is 1.76 bits per heavy atom. The van der Waals surface area contributed by atoms with Gasteiger partial charge in [0.1, 0.15) is 0 Å². The van der Waals surface area contributed by atoms with E-state index in [1.165, 1.54) is 11.1 Å². The van der Waals surface area contributed by atoms with Crippen LogP contribution in [0.2, 0.25) is 5.02 Å². The van der Waals surface area contributed by atoms with Gasteiger partial charge in [0.25, 0.3) is 0 Å². The third kappa shape index (κ3) is 4.09. The number of hydrogen-bond donors (Lipinski definition) is 1. The molecule has 0 amide bonds. The summed E-state index contributed by atoms with van der Waals surface area (Å²) < 4.78 is 0.966. The molecule has 21 heavy (non-hydrogen) atoms. The highest BCUT2D eigenvalue weighted by atomic mass is 79.9. The zero-order chi connectivity index (χ0) is 15.6. The molecule has 2 rings (SSSR count). The van der Waals surface area contributed by atoms with Gasteiger partial charge in [-0.2, -0.15) is 0 Å². The molecule has 0 bridgehead atoms. The van der Waals surface area contributed by atoms with Gasteiger partial charge in [0.15, 0.2) is 0 Å². The van der Waals surface area contributed by atoms with Crippen LogP contribution in [0.25, 0.3) is 0 Å². The van der Waals surface area contributed by atoms with Crippen LogP contribution in [0.15, 0.2) is 46.9 Å². The minimum atomic E-state index is -0.489. The Labute approximate surface area is 140 Å². The average Bonchev–Trinajstić information content (AvgIpc) is 2.38. The molecule has 0 spiro atoms. The molecule has 0 aliphatic carbocycles. The molecule has 1 unspecified atom stereocenters. The lowest BCUT2D eigenvalue weighted by molar-refractivity contribution is 0.491. The fraction of sp³-hybridized carbons (Fsp3) is 0.333. The standard InChI is InChI=1S/C18H21BrClN/c1-12(2)14-6-4-13(5-7-14)11-18(3,21)16-9-8-15(19)10-17(16)20/h4-10,12H,11,21H2,1-3H3.